The lowest BCUT2D eigenvalue weighted by Crippen LogP contribution is -2.60. The Kier molecular flexibility index (Phi) is 19.5. The zero-order chi connectivity index (χ0) is 46.8. The maximum Gasteiger partial charge on any atom is 0.408 e. The van der Waals surface area contributed by atoms with Crippen molar-refractivity contribution in [2.24, 2.45) is 0 Å². The van der Waals surface area contributed by atoms with Crippen LogP contribution in [0.5, 0.6) is 0 Å². The Bertz CT molecular complexity index is 2010. The normalized spacial score (nSPS) is 20.2. The highest BCUT2D eigenvalue weighted by atomic mass is 16.6. The summed E-state index contributed by atoms with van der Waals surface area (Å²) in [4.78, 5) is 40.2. The molecule has 0 radical (unpaired) electrons. The summed E-state index contributed by atoms with van der Waals surface area (Å²) < 4.78 is 56.4. The fourth-order valence-electron chi connectivity index (χ4n) is 7.17. The maximum atomic E-state index is 14.1. The van der Waals surface area contributed by atoms with E-state index in [2.05, 4.69) is 5.32 Å². The van der Waals surface area contributed by atoms with Crippen molar-refractivity contribution in [1.29, 1.82) is 0 Å². The highest BCUT2D eigenvalue weighted by Gasteiger charge is 2.47. The number of carbonyl (C=O) groups is 3. The Morgan fingerprint density at radius 1 is 0.600 bits per heavy atom. The Morgan fingerprint density at radius 2 is 1.05 bits per heavy atom. The number of hydrogen-bond donors (Lipinski definition) is 1. The van der Waals surface area contributed by atoms with Crippen LogP contribution < -0.4 is 5.32 Å². The van der Waals surface area contributed by atoms with E-state index in [1.54, 1.807) is 48.5 Å². The van der Waals surface area contributed by atoms with E-state index in [1.807, 2.05) is 128 Å². The van der Waals surface area contributed by atoms with Crippen LogP contribution in [0.15, 0.2) is 121 Å². The molecule has 1 amide bonds. The van der Waals surface area contributed by atoms with Gasteiger partial charge < -0.3 is 47.9 Å². The summed E-state index contributed by atoms with van der Waals surface area (Å²) in [5.41, 5.74) is 2.17. The first-order valence-electron chi connectivity index (χ1n) is 22.3. The molecule has 1 aliphatic rings. The van der Waals surface area contributed by atoms with Gasteiger partial charge in [-0.05, 0) is 77.6 Å². The molecule has 1 fully saturated rings. The lowest BCUT2D eigenvalue weighted by atomic mass is 9.91. The maximum absolute atomic E-state index is 14.1. The molecule has 1 heterocycles. The average molecular weight is 898 g/mol. The molecule has 4 aromatic carbocycles. The molecule has 352 valence electrons. The number of nitrogens with one attached hydrogen (secondary N) is 1. The summed E-state index contributed by atoms with van der Waals surface area (Å²) in [7, 11) is 0. The average Bonchev–Trinajstić information content (AvgIpc) is 3.27. The number of amides is 1. The number of ether oxygens (including phenoxy) is 9. The number of hydrogen-bond acceptors (Lipinski definition) is 12. The van der Waals surface area contributed by atoms with Gasteiger partial charge in [0.25, 0.3) is 0 Å². The minimum absolute atomic E-state index is 0.0979. The van der Waals surface area contributed by atoms with Crippen LogP contribution in [0.1, 0.15) is 84.1 Å². The van der Waals surface area contributed by atoms with Gasteiger partial charge in [0.05, 0.1) is 50.8 Å². The largest absolute Gasteiger partial charge is 0.461 e. The molecular formula is C52H67NO12. The molecule has 8 atom stereocenters. The van der Waals surface area contributed by atoms with Crippen LogP contribution in [0.2, 0.25) is 0 Å². The Hall–Kier alpha value is -5.15. The second kappa shape index (κ2) is 24.9. The number of benzene rings is 4. The third-order valence-electron chi connectivity index (χ3n) is 10.2. The van der Waals surface area contributed by atoms with E-state index >= 15 is 0 Å². The lowest BCUT2D eigenvalue weighted by Gasteiger charge is -2.46. The molecule has 0 aromatic heterocycles. The van der Waals surface area contributed by atoms with Crippen molar-refractivity contribution in [2.45, 2.75) is 148 Å². The molecule has 0 aliphatic carbocycles. The van der Waals surface area contributed by atoms with Gasteiger partial charge >= 0.3 is 18.0 Å². The van der Waals surface area contributed by atoms with Gasteiger partial charge in [0, 0.05) is 6.42 Å². The van der Waals surface area contributed by atoms with Gasteiger partial charge in [0.1, 0.15) is 42.7 Å². The molecule has 65 heavy (non-hydrogen) atoms. The molecule has 4 aromatic rings. The number of carbonyl (C=O) groups excluding carboxylic acids is 3. The van der Waals surface area contributed by atoms with E-state index in [-0.39, 0.29) is 32.8 Å². The summed E-state index contributed by atoms with van der Waals surface area (Å²) in [6, 6.07) is 37.7. The summed E-state index contributed by atoms with van der Waals surface area (Å²) in [6.07, 6.45) is -5.63. The zero-order valence-corrected chi connectivity index (χ0v) is 39.0. The van der Waals surface area contributed by atoms with Crippen molar-refractivity contribution >= 4 is 18.0 Å². The number of rotatable bonds is 22. The smallest absolute Gasteiger partial charge is 0.408 e. The third-order valence-corrected chi connectivity index (χ3v) is 10.2. The first-order valence-corrected chi connectivity index (χ1v) is 22.3. The Morgan fingerprint density at radius 3 is 1.52 bits per heavy atom. The van der Waals surface area contributed by atoms with Crippen LogP contribution in [0.4, 0.5) is 4.79 Å². The lowest BCUT2D eigenvalue weighted by molar-refractivity contribution is -0.266. The molecule has 1 aliphatic heterocycles. The molecule has 5 rings (SSSR count). The number of esters is 2. The highest BCUT2D eigenvalue weighted by molar-refractivity contribution is 5.82. The van der Waals surface area contributed by atoms with E-state index in [0.717, 1.165) is 22.3 Å². The van der Waals surface area contributed by atoms with Gasteiger partial charge in [-0.1, -0.05) is 121 Å². The molecule has 1 saturated heterocycles. The van der Waals surface area contributed by atoms with Crippen LogP contribution in [0.25, 0.3) is 0 Å². The van der Waals surface area contributed by atoms with Gasteiger partial charge in [-0.25, -0.2) is 14.4 Å². The Labute approximate surface area is 384 Å². The predicted octanol–water partition coefficient (Wildman–Crippen LogP) is 8.69. The minimum atomic E-state index is -1.27. The number of alkyl carbamates (subject to hydrolysis) is 1. The van der Waals surface area contributed by atoms with Gasteiger partial charge in [-0.15, -0.1) is 0 Å². The second-order valence-electron chi connectivity index (χ2n) is 18.2. The molecule has 0 saturated carbocycles. The summed E-state index contributed by atoms with van der Waals surface area (Å²) >= 11 is 0. The van der Waals surface area contributed by atoms with Crippen LogP contribution in [0.3, 0.4) is 0 Å². The van der Waals surface area contributed by atoms with E-state index < -0.39 is 84.6 Å². The predicted molar refractivity (Wildman–Crippen MR) is 244 cm³/mol. The standard InChI is InChI=1S/C52H67NO12/c1-36(57-30-38-21-13-9-14-22-38)45(53-50(56)65-52(6,7)8)49(55)62-34-42(58-35-44(54)64-51(3,4)5)29-43-47(60-32-40-25-17-11-18-26-40)48(61-33-41-27-19-12-20-28-41)46(37(2)63-43)59-31-39-23-15-10-16-24-39/h9-28,36-37,42-43,45-48H,29-35H2,1-8H3,(H,53,56)/t36-,37+,42?,43+,45+,46-,47-,48-/m1/s1. The van der Waals surface area contributed by atoms with E-state index in [9.17, 15) is 14.4 Å². The van der Waals surface area contributed by atoms with Gasteiger partial charge in [0.2, 0.25) is 0 Å². The second-order valence-corrected chi connectivity index (χ2v) is 18.2. The van der Waals surface area contributed by atoms with Crippen molar-refractivity contribution in [2.75, 3.05) is 13.2 Å². The molecule has 1 N–H and O–H groups in total. The summed E-state index contributed by atoms with van der Waals surface area (Å²) in [6.45, 7) is 14.3. The van der Waals surface area contributed by atoms with Crippen LogP contribution in [-0.4, -0.2) is 91.2 Å². The van der Waals surface area contributed by atoms with Crippen molar-refractivity contribution < 1.29 is 57.0 Å². The first kappa shape index (κ1) is 50.8. The molecule has 0 spiro atoms. The van der Waals surface area contributed by atoms with Gasteiger partial charge in [0.15, 0.2) is 6.04 Å². The van der Waals surface area contributed by atoms with Crippen molar-refractivity contribution in [3.63, 3.8) is 0 Å². The fourth-order valence-corrected chi connectivity index (χ4v) is 7.17. The molecule has 0 bridgehead atoms. The fraction of sp³-hybridized carbons (Fsp3) is 0.481. The van der Waals surface area contributed by atoms with Gasteiger partial charge in [-0.2, -0.15) is 0 Å². The quantitative estimate of drug-likeness (QED) is 0.0595. The third kappa shape index (κ3) is 18.0. The van der Waals surface area contributed by atoms with E-state index in [4.69, 9.17) is 42.6 Å². The monoisotopic (exact) mass is 897 g/mol. The van der Waals surface area contributed by atoms with Crippen molar-refractivity contribution in [1.82, 2.24) is 5.32 Å². The molecule has 13 heteroatoms. The van der Waals surface area contributed by atoms with Crippen molar-refractivity contribution in [3.8, 4) is 0 Å². The highest BCUT2D eigenvalue weighted by Crippen LogP contribution is 2.33. The molecule has 13 nitrogen and oxygen atoms in total. The van der Waals surface area contributed by atoms with Crippen LogP contribution in [-0.2, 0) is 78.6 Å². The summed E-state index contributed by atoms with van der Waals surface area (Å²) in [5, 5.41) is 2.65. The van der Waals surface area contributed by atoms with Crippen molar-refractivity contribution in [3.05, 3.63) is 144 Å². The first-order chi connectivity index (χ1) is 31.0. The molecule has 1 unspecified atom stereocenters. The van der Waals surface area contributed by atoms with Gasteiger partial charge in [-0.3, -0.25) is 0 Å². The van der Waals surface area contributed by atoms with Crippen LogP contribution >= 0.6 is 0 Å². The summed E-state index contributed by atoms with van der Waals surface area (Å²) in [5.74, 6) is -1.40. The van der Waals surface area contributed by atoms with E-state index in [1.165, 1.54) is 0 Å². The minimum Gasteiger partial charge on any atom is -0.461 e. The zero-order valence-electron chi connectivity index (χ0n) is 39.0. The SMILES string of the molecule is C[C@@H]1O[C@@H](CC(COC(=O)[C@@H](NC(=O)OC(C)(C)C)[C@@H](C)OCc2ccccc2)OCC(=O)OC(C)(C)C)[C@@H](OCc2ccccc2)[C@H](OCc2ccccc2)[C@@H]1OCc1ccccc1. The molecular weight excluding hydrogens is 831 g/mol. The van der Waals surface area contributed by atoms with E-state index in [0.29, 0.717) is 6.61 Å². The topological polar surface area (TPSA) is 146 Å². The van der Waals surface area contributed by atoms with Crippen LogP contribution in [0, 0.1) is 0 Å². The Balaban J connectivity index is 1.42.